The number of alkyl halides is 2. The van der Waals surface area contributed by atoms with Crippen LogP contribution in [-0.4, -0.2) is 37.9 Å². The fourth-order valence-corrected chi connectivity index (χ4v) is 2.31. The molecule has 0 heterocycles. The smallest absolute Gasteiger partial charge is 0.284 e. The summed E-state index contributed by atoms with van der Waals surface area (Å²) in [5.41, 5.74) is 0.296. The molecule has 0 atom stereocenters. The van der Waals surface area contributed by atoms with Crippen molar-refractivity contribution in [2.24, 2.45) is 10.3 Å². The summed E-state index contributed by atoms with van der Waals surface area (Å²) in [5.74, 6) is -1.04. The highest BCUT2D eigenvalue weighted by Crippen LogP contribution is 2.15. The van der Waals surface area contributed by atoms with Crippen molar-refractivity contribution in [1.29, 1.82) is 0 Å². The maximum absolute atomic E-state index is 13.3. The highest BCUT2D eigenvalue weighted by Gasteiger charge is 2.19. The van der Waals surface area contributed by atoms with Crippen LogP contribution in [0.1, 0.15) is 16.7 Å². The van der Waals surface area contributed by atoms with E-state index < -0.39 is 23.9 Å². The van der Waals surface area contributed by atoms with Crippen LogP contribution in [0.15, 0.2) is 58.8 Å². The number of nitrogens with one attached hydrogen (secondary N) is 1. The average Bonchev–Trinajstić information content (AvgIpc) is 2.70. The fraction of sp³-hybridized carbons (Fsp3) is 0.211. The molecule has 0 radical (unpaired) electrons. The monoisotopic (exact) mass is 393 g/mol. The SMILES string of the molecule is CNC(=O)/C(=N/OC)c1ccccc1CO/N=C(/c1ccc(F)cc1)C(F)F. The molecule has 1 amide bonds. The second-order valence-electron chi connectivity index (χ2n) is 5.42. The Bertz CT molecular complexity index is 868. The first kappa shape index (κ1) is 20.9. The van der Waals surface area contributed by atoms with Gasteiger partial charge < -0.3 is 15.0 Å². The summed E-state index contributed by atoms with van der Waals surface area (Å²) in [6.45, 7) is -0.201. The van der Waals surface area contributed by atoms with Crippen molar-refractivity contribution in [2.45, 2.75) is 13.0 Å². The van der Waals surface area contributed by atoms with E-state index in [1.54, 1.807) is 24.3 Å². The van der Waals surface area contributed by atoms with E-state index in [1.165, 1.54) is 26.3 Å². The molecule has 9 heteroatoms. The molecule has 2 aromatic rings. The predicted molar refractivity (Wildman–Crippen MR) is 97.8 cm³/mol. The number of oxime groups is 2. The third kappa shape index (κ3) is 5.32. The van der Waals surface area contributed by atoms with E-state index in [9.17, 15) is 18.0 Å². The number of benzene rings is 2. The molecule has 0 saturated carbocycles. The van der Waals surface area contributed by atoms with Crippen molar-refractivity contribution in [3.63, 3.8) is 0 Å². The molecule has 0 aromatic heterocycles. The predicted octanol–water partition coefficient (Wildman–Crippen LogP) is 3.11. The summed E-state index contributed by atoms with van der Waals surface area (Å²) in [6.07, 6.45) is -2.92. The minimum absolute atomic E-state index is 0.000738. The van der Waals surface area contributed by atoms with Crippen LogP contribution in [0.3, 0.4) is 0 Å². The molecule has 2 rings (SSSR count). The van der Waals surface area contributed by atoms with Crippen LogP contribution < -0.4 is 5.32 Å². The highest BCUT2D eigenvalue weighted by atomic mass is 19.3. The number of hydrogen-bond donors (Lipinski definition) is 1. The molecular weight excluding hydrogens is 375 g/mol. The molecule has 148 valence electrons. The Morgan fingerprint density at radius 1 is 1.11 bits per heavy atom. The van der Waals surface area contributed by atoms with Crippen molar-refractivity contribution in [1.82, 2.24) is 5.32 Å². The lowest BCUT2D eigenvalue weighted by atomic mass is 10.0. The van der Waals surface area contributed by atoms with Gasteiger partial charge in [0.1, 0.15) is 19.5 Å². The zero-order valence-corrected chi connectivity index (χ0v) is 15.2. The van der Waals surface area contributed by atoms with Crippen LogP contribution in [0, 0.1) is 5.82 Å². The van der Waals surface area contributed by atoms with Gasteiger partial charge in [-0.05, 0) is 24.3 Å². The number of carbonyl (C=O) groups excluding carboxylic acids is 1. The van der Waals surface area contributed by atoms with Crippen LogP contribution in [0.5, 0.6) is 0 Å². The number of carbonyl (C=O) groups is 1. The molecule has 2 aromatic carbocycles. The van der Waals surface area contributed by atoms with Crippen LogP contribution in [0.25, 0.3) is 0 Å². The molecule has 0 saturated heterocycles. The lowest BCUT2D eigenvalue weighted by molar-refractivity contribution is -0.114. The zero-order valence-electron chi connectivity index (χ0n) is 15.2. The van der Waals surface area contributed by atoms with Crippen LogP contribution in [0.4, 0.5) is 13.2 Å². The first-order chi connectivity index (χ1) is 13.5. The van der Waals surface area contributed by atoms with Crippen LogP contribution in [0.2, 0.25) is 0 Å². The quantitative estimate of drug-likeness (QED) is 0.553. The third-order valence-corrected chi connectivity index (χ3v) is 3.63. The molecular formula is C19H18F3N3O3. The summed E-state index contributed by atoms with van der Waals surface area (Å²) < 4.78 is 39.5. The summed E-state index contributed by atoms with van der Waals surface area (Å²) in [5, 5.41) is 9.66. The van der Waals surface area contributed by atoms with Gasteiger partial charge in [0.05, 0.1) is 0 Å². The Balaban J connectivity index is 2.26. The zero-order chi connectivity index (χ0) is 20.5. The van der Waals surface area contributed by atoms with E-state index in [1.807, 2.05) is 0 Å². The van der Waals surface area contributed by atoms with Crippen LogP contribution in [-0.2, 0) is 21.1 Å². The third-order valence-electron chi connectivity index (χ3n) is 3.63. The van der Waals surface area contributed by atoms with E-state index in [0.29, 0.717) is 11.1 Å². The first-order valence-corrected chi connectivity index (χ1v) is 8.13. The average molecular weight is 393 g/mol. The Morgan fingerprint density at radius 2 is 1.79 bits per heavy atom. The van der Waals surface area contributed by atoms with Gasteiger partial charge in [-0.25, -0.2) is 13.2 Å². The molecule has 0 aliphatic carbocycles. The molecule has 0 bridgehead atoms. The van der Waals surface area contributed by atoms with Gasteiger partial charge in [0.25, 0.3) is 12.3 Å². The van der Waals surface area contributed by atoms with Crippen molar-refractivity contribution in [2.75, 3.05) is 14.2 Å². The minimum atomic E-state index is -2.92. The Hall–Kier alpha value is -3.36. The van der Waals surface area contributed by atoms with Crippen molar-refractivity contribution in [3.8, 4) is 0 Å². The molecule has 0 aliphatic heterocycles. The Labute approximate surface area is 159 Å². The number of nitrogens with zero attached hydrogens (tertiary/aromatic N) is 2. The lowest BCUT2D eigenvalue weighted by Gasteiger charge is -2.11. The second-order valence-corrected chi connectivity index (χ2v) is 5.42. The number of likely N-dealkylation sites (N-methyl/N-ethyl adjacent to an activating group) is 1. The highest BCUT2D eigenvalue weighted by molar-refractivity contribution is 6.45. The van der Waals surface area contributed by atoms with Gasteiger partial charge in [0.15, 0.2) is 11.4 Å². The Morgan fingerprint density at radius 3 is 2.39 bits per heavy atom. The summed E-state index contributed by atoms with van der Waals surface area (Å²) in [6, 6.07) is 11.1. The number of amides is 1. The number of rotatable bonds is 8. The first-order valence-electron chi connectivity index (χ1n) is 8.13. The Kier molecular flexibility index (Phi) is 7.55. The molecule has 1 N–H and O–H groups in total. The molecule has 0 spiro atoms. The maximum Gasteiger partial charge on any atom is 0.284 e. The minimum Gasteiger partial charge on any atom is -0.398 e. The summed E-state index contributed by atoms with van der Waals surface area (Å²) in [7, 11) is 2.73. The lowest BCUT2D eigenvalue weighted by Crippen LogP contribution is -2.29. The van der Waals surface area contributed by atoms with E-state index in [-0.39, 0.29) is 17.9 Å². The molecule has 0 unspecified atom stereocenters. The molecule has 28 heavy (non-hydrogen) atoms. The molecule has 0 fully saturated rings. The van der Waals surface area contributed by atoms with E-state index in [0.717, 1.165) is 12.1 Å². The van der Waals surface area contributed by atoms with Gasteiger partial charge in [-0.2, -0.15) is 0 Å². The van der Waals surface area contributed by atoms with E-state index in [2.05, 4.69) is 15.6 Å². The largest absolute Gasteiger partial charge is 0.398 e. The van der Waals surface area contributed by atoms with Gasteiger partial charge in [0, 0.05) is 23.7 Å². The van der Waals surface area contributed by atoms with Crippen molar-refractivity contribution < 1.29 is 27.6 Å². The second kappa shape index (κ2) is 10.1. The number of hydrogen-bond acceptors (Lipinski definition) is 5. The fourth-order valence-electron chi connectivity index (χ4n) is 2.31. The standard InChI is InChI=1S/C19H18F3N3O3/c1-23-19(26)17(24-27-2)15-6-4-3-5-13(15)11-28-25-16(18(21)22)12-7-9-14(20)10-8-12/h3-10,18H,11H2,1-2H3,(H,23,26)/b24-17+,25-16-. The number of halogens is 3. The van der Waals surface area contributed by atoms with Gasteiger partial charge in [-0.3, -0.25) is 4.79 Å². The molecule has 0 aliphatic rings. The summed E-state index contributed by atoms with van der Waals surface area (Å²) in [4.78, 5) is 21.8. The van der Waals surface area contributed by atoms with Crippen molar-refractivity contribution in [3.05, 3.63) is 71.0 Å². The van der Waals surface area contributed by atoms with Gasteiger partial charge in [-0.15, -0.1) is 0 Å². The van der Waals surface area contributed by atoms with E-state index >= 15 is 0 Å². The normalized spacial score (nSPS) is 12.1. The van der Waals surface area contributed by atoms with Gasteiger partial charge in [0.2, 0.25) is 0 Å². The van der Waals surface area contributed by atoms with E-state index in [4.69, 9.17) is 9.68 Å². The summed E-state index contributed by atoms with van der Waals surface area (Å²) >= 11 is 0. The topological polar surface area (TPSA) is 72.3 Å². The van der Waals surface area contributed by atoms with Crippen LogP contribution >= 0.6 is 0 Å². The maximum atomic E-state index is 13.3. The van der Waals surface area contributed by atoms with Gasteiger partial charge in [-0.1, -0.05) is 34.6 Å². The van der Waals surface area contributed by atoms with Gasteiger partial charge >= 0.3 is 0 Å². The van der Waals surface area contributed by atoms with Crippen molar-refractivity contribution >= 4 is 17.3 Å². The molecule has 6 nitrogen and oxygen atoms in total.